The molecule has 1 heterocycles. The molecule has 0 bridgehead atoms. The van der Waals surface area contributed by atoms with Crippen molar-refractivity contribution in [1.82, 2.24) is 5.32 Å². The Labute approximate surface area is 94.2 Å². The van der Waals surface area contributed by atoms with Gasteiger partial charge < -0.3 is 5.32 Å². The number of rotatable bonds is 1. The second-order valence-electron chi connectivity index (χ2n) is 4.10. The van der Waals surface area contributed by atoms with E-state index in [1.807, 2.05) is 26.0 Å². The summed E-state index contributed by atoms with van der Waals surface area (Å²) in [6.07, 6.45) is 0. The topological polar surface area (TPSA) is 49.4 Å². The number of carbonyl (C=O) groups excluding carboxylic acids is 2. The Bertz CT molecular complexity index is 425. The van der Waals surface area contributed by atoms with E-state index in [9.17, 15) is 9.59 Å². The number of anilines is 1. The molecule has 4 heteroatoms. The molecule has 0 aliphatic carbocycles. The molecule has 84 valence electrons. The van der Waals surface area contributed by atoms with Crippen LogP contribution in [0.2, 0.25) is 0 Å². The lowest BCUT2D eigenvalue weighted by Gasteiger charge is -2.29. The minimum atomic E-state index is -0.341. The van der Waals surface area contributed by atoms with Crippen LogP contribution >= 0.6 is 0 Å². The van der Waals surface area contributed by atoms with Crippen LogP contribution < -0.4 is 10.2 Å². The van der Waals surface area contributed by atoms with E-state index in [0.29, 0.717) is 12.2 Å². The van der Waals surface area contributed by atoms with Crippen LogP contribution in [0.15, 0.2) is 24.3 Å². The van der Waals surface area contributed by atoms with Crippen molar-refractivity contribution in [3.8, 4) is 0 Å². The Morgan fingerprint density at radius 1 is 1.25 bits per heavy atom. The van der Waals surface area contributed by atoms with Gasteiger partial charge in [-0.1, -0.05) is 24.6 Å². The van der Waals surface area contributed by atoms with Crippen molar-refractivity contribution in [3.63, 3.8) is 0 Å². The van der Waals surface area contributed by atoms with Gasteiger partial charge in [0, 0.05) is 6.54 Å². The monoisotopic (exact) mass is 218 g/mol. The van der Waals surface area contributed by atoms with Crippen LogP contribution in [0.1, 0.15) is 12.5 Å². The standard InChI is InChI=1S/C12H14N2O2/c1-8-3-5-10(6-4-8)14-11(15)9(2)7-13-12(14)16/h3-6,9H,7H2,1-2H3,(H,13,16). The van der Waals surface area contributed by atoms with Crippen LogP contribution in [0.3, 0.4) is 0 Å². The molecule has 3 amide bonds. The molecule has 0 aromatic heterocycles. The van der Waals surface area contributed by atoms with Gasteiger partial charge in [0.1, 0.15) is 0 Å². The second kappa shape index (κ2) is 3.96. The van der Waals surface area contributed by atoms with Gasteiger partial charge in [0.2, 0.25) is 5.91 Å². The van der Waals surface area contributed by atoms with Crippen LogP contribution in [-0.4, -0.2) is 18.5 Å². The summed E-state index contributed by atoms with van der Waals surface area (Å²) in [6, 6.07) is 6.99. The smallest absolute Gasteiger partial charge is 0.328 e. The van der Waals surface area contributed by atoms with Gasteiger partial charge in [-0.25, -0.2) is 9.69 Å². The van der Waals surface area contributed by atoms with Gasteiger partial charge in [-0.3, -0.25) is 4.79 Å². The number of amides is 3. The highest BCUT2D eigenvalue weighted by Crippen LogP contribution is 2.20. The third-order valence-electron chi connectivity index (χ3n) is 2.70. The zero-order valence-corrected chi connectivity index (χ0v) is 9.36. The second-order valence-corrected chi connectivity index (χ2v) is 4.10. The molecule has 1 fully saturated rings. The quantitative estimate of drug-likeness (QED) is 0.779. The summed E-state index contributed by atoms with van der Waals surface area (Å²) in [5, 5.41) is 2.69. The van der Waals surface area contributed by atoms with E-state index in [2.05, 4.69) is 5.32 Å². The fourth-order valence-electron chi connectivity index (χ4n) is 1.67. The molecule has 0 radical (unpaired) electrons. The maximum absolute atomic E-state index is 11.9. The predicted molar refractivity (Wildman–Crippen MR) is 61.2 cm³/mol. The van der Waals surface area contributed by atoms with E-state index in [1.165, 1.54) is 4.90 Å². The van der Waals surface area contributed by atoms with Crippen LogP contribution in [-0.2, 0) is 4.79 Å². The van der Waals surface area contributed by atoms with Crippen LogP contribution in [0.5, 0.6) is 0 Å². The van der Waals surface area contributed by atoms with Gasteiger partial charge in [0.15, 0.2) is 0 Å². The highest BCUT2D eigenvalue weighted by atomic mass is 16.2. The molecule has 1 saturated heterocycles. The Kier molecular flexibility index (Phi) is 2.64. The predicted octanol–water partition coefficient (Wildman–Crippen LogP) is 1.69. The first-order valence-electron chi connectivity index (χ1n) is 5.28. The Morgan fingerprint density at radius 3 is 2.50 bits per heavy atom. The van der Waals surface area contributed by atoms with Gasteiger partial charge in [0.05, 0.1) is 11.6 Å². The summed E-state index contributed by atoms with van der Waals surface area (Å²) in [6.45, 7) is 4.19. The lowest BCUT2D eigenvalue weighted by molar-refractivity contribution is -0.121. The van der Waals surface area contributed by atoms with Crippen molar-refractivity contribution in [3.05, 3.63) is 29.8 Å². The number of carbonyl (C=O) groups is 2. The van der Waals surface area contributed by atoms with Crippen LogP contribution in [0, 0.1) is 12.8 Å². The summed E-state index contributed by atoms with van der Waals surface area (Å²) >= 11 is 0. The van der Waals surface area contributed by atoms with Crippen molar-refractivity contribution < 1.29 is 9.59 Å². The lowest BCUT2D eigenvalue weighted by atomic mass is 10.1. The number of aryl methyl sites for hydroxylation is 1. The molecule has 4 nitrogen and oxygen atoms in total. The molecular weight excluding hydrogens is 204 g/mol. The van der Waals surface area contributed by atoms with Gasteiger partial charge in [-0.05, 0) is 19.1 Å². The molecule has 0 saturated carbocycles. The lowest BCUT2D eigenvalue weighted by Crippen LogP contribution is -2.54. The largest absolute Gasteiger partial charge is 0.337 e. The molecule has 0 spiro atoms. The maximum Gasteiger partial charge on any atom is 0.328 e. The average Bonchev–Trinajstić information content (AvgIpc) is 2.27. The Balaban J connectivity index is 2.34. The van der Waals surface area contributed by atoms with E-state index >= 15 is 0 Å². The summed E-state index contributed by atoms with van der Waals surface area (Å²) in [5.41, 5.74) is 1.72. The first-order valence-corrected chi connectivity index (χ1v) is 5.28. The molecule has 16 heavy (non-hydrogen) atoms. The molecule has 1 aliphatic rings. The average molecular weight is 218 g/mol. The van der Waals surface area contributed by atoms with Crippen LogP contribution in [0.25, 0.3) is 0 Å². The summed E-state index contributed by atoms with van der Waals surface area (Å²) < 4.78 is 0. The van der Waals surface area contributed by atoms with E-state index in [1.54, 1.807) is 12.1 Å². The summed E-state index contributed by atoms with van der Waals surface area (Å²) in [5.74, 6) is -0.313. The first kappa shape index (κ1) is 10.7. The number of nitrogens with zero attached hydrogens (tertiary/aromatic N) is 1. The third-order valence-corrected chi connectivity index (χ3v) is 2.70. The summed E-state index contributed by atoms with van der Waals surface area (Å²) in [4.78, 5) is 24.7. The van der Waals surface area contributed by atoms with Crippen molar-refractivity contribution in [2.45, 2.75) is 13.8 Å². The molecule has 2 rings (SSSR count). The molecule has 1 aromatic carbocycles. The van der Waals surface area contributed by atoms with Crippen molar-refractivity contribution >= 4 is 17.6 Å². The number of hydrogen-bond donors (Lipinski definition) is 1. The highest BCUT2D eigenvalue weighted by molar-refractivity contribution is 6.16. The molecule has 1 atom stereocenters. The van der Waals surface area contributed by atoms with Crippen LogP contribution in [0.4, 0.5) is 10.5 Å². The number of nitrogens with one attached hydrogen (secondary N) is 1. The fourth-order valence-corrected chi connectivity index (χ4v) is 1.67. The Morgan fingerprint density at radius 2 is 1.88 bits per heavy atom. The molecule has 1 aromatic rings. The Hall–Kier alpha value is -1.84. The van der Waals surface area contributed by atoms with E-state index < -0.39 is 0 Å². The highest BCUT2D eigenvalue weighted by Gasteiger charge is 2.32. The number of hydrogen-bond acceptors (Lipinski definition) is 2. The third kappa shape index (κ3) is 1.78. The first-order chi connectivity index (χ1) is 7.59. The zero-order chi connectivity index (χ0) is 11.7. The fraction of sp³-hybridized carbons (Fsp3) is 0.333. The minimum absolute atomic E-state index is 0.146. The van der Waals surface area contributed by atoms with E-state index in [0.717, 1.165) is 5.56 Å². The molecule has 1 N–H and O–H groups in total. The van der Waals surface area contributed by atoms with Gasteiger partial charge >= 0.3 is 6.03 Å². The molecule has 1 unspecified atom stereocenters. The van der Waals surface area contributed by atoms with Gasteiger partial charge in [-0.2, -0.15) is 0 Å². The van der Waals surface area contributed by atoms with Crippen molar-refractivity contribution in [1.29, 1.82) is 0 Å². The number of benzene rings is 1. The summed E-state index contributed by atoms with van der Waals surface area (Å²) in [7, 11) is 0. The van der Waals surface area contributed by atoms with Crippen molar-refractivity contribution in [2.24, 2.45) is 5.92 Å². The molecule has 1 aliphatic heterocycles. The SMILES string of the molecule is Cc1ccc(N2C(=O)NCC(C)C2=O)cc1. The van der Waals surface area contributed by atoms with Gasteiger partial charge in [0.25, 0.3) is 0 Å². The van der Waals surface area contributed by atoms with E-state index in [4.69, 9.17) is 0 Å². The van der Waals surface area contributed by atoms with Gasteiger partial charge in [-0.15, -0.1) is 0 Å². The zero-order valence-electron chi connectivity index (χ0n) is 9.36. The molecular formula is C12H14N2O2. The maximum atomic E-state index is 11.9. The van der Waals surface area contributed by atoms with E-state index in [-0.39, 0.29) is 17.9 Å². The number of urea groups is 1. The minimum Gasteiger partial charge on any atom is -0.337 e. The van der Waals surface area contributed by atoms with Crippen molar-refractivity contribution in [2.75, 3.05) is 11.4 Å². The normalized spacial score (nSPS) is 20.9. The number of imide groups is 1.